The number of hydrogen-bond donors (Lipinski definition) is 0. The first-order chi connectivity index (χ1) is 8.58. The van der Waals surface area contributed by atoms with Gasteiger partial charge >= 0.3 is 5.97 Å². The van der Waals surface area contributed by atoms with Crippen molar-refractivity contribution in [1.29, 1.82) is 0 Å². The van der Waals surface area contributed by atoms with E-state index < -0.39 is 15.5 Å². The summed E-state index contributed by atoms with van der Waals surface area (Å²) in [6, 6.07) is 0. The van der Waals surface area contributed by atoms with E-state index in [-0.39, 0.29) is 18.5 Å². The van der Waals surface area contributed by atoms with E-state index in [1.54, 1.807) is 5.06 Å². The summed E-state index contributed by atoms with van der Waals surface area (Å²) < 4.78 is 26.6. The predicted octanol–water partition coefficient (Wildman–Crippen LogP) is 1.18. The van der Waals surface area contributed by atoms with Crippen molar-refractivity contribution in [2.75, 3.05) is 26.0 Å². The van der Waals surface area contributed by atoms with Crippen LogP contribution in [0.4, 0.5) is 0 Å². The van der Waals surface area contributed by atoms with Gasteiger partial charge in [-0.15, -0.1) is 5.06 Å². The van der Waals surface area contributed by atoms with Gasteiger partial charge in [-0.3, -0.25) is 4.18 Å². The van der Waals surface area contributed by atoms with Crippen molar-refractivity contribution in [2.45, 2.75) is 33.6 Å². The minimum absolute atomic E-state index is 0.194. The van der Waals surface area contributed by atoms with E-state index in [2.05, 4.69) is 0 Å². The molecule has 1 heterocycles. The van der Waals surface area contributed by atoms with Gasteiger partial charge in [0.1, 0.15) is 0 Å². The van der Waals surface area contributed by atoms with Gasteiger partial charge < -0.3 is 4.84 Å². The molecule has 1 aliphatic rings. The summed E-state index contributed by atoms with van der Waals surface area (Å²) in [6.07, 6.45) is 2.56. The summed E-state index contributed by atoms with van der Waals surface area (Å²) in [4.78, 5) is 17.0. The molecular weight excluding hydrogens is 270 g/mol. The molecule has 0 aliphatic carbocycles. The second-order valence-electron chi connectivity index (χ2n) is 5.99. The fraction of sp³-hybridized carbons (Fsp3) is 0.917. The second kappa shape index (κ2) is 6.19. The largest absolute Gasteiger partial charge is 0.367 e. The summed E-state index contributed by atoms with van der Waals surface area (Å²) >= 11 is 0. The minimum Gasteiger partial charge on any atom is -0.367 e. The van der Waals surface area contributed by atoms with Crippen LogP contribution < -0.4 is 0 Å². The van der Waals surface area contributed by atoms with Crippen LogP contribution in [-0.2, 0) is 23.9 Å². The highest BCUT2D eigenvalue weighted by molar-refractivity contribution is 7.85. The van der Waals surface area contributed by atoms with Gasteiger partial charge in [0, 0.05) is 13.1 Å². The Morgan fingerprint density at radius 3 is 2.21 bits per heavy atom. The first kappa shape index (κ1) is 16.4. The highest BCUT2D eigenvalue weighted by Crippen LogP contribution is 2.21. The molecule has 1 aliphatic heterocycles. The average molecular weight is 293 g/mol. The zero-order valence-electron chi connectivity index (χ0n) is 12.0. The van der Waals surface area contributed by atoms with Gasteiger partial charge in [-0.1, -0.05) is 0 Å². The quantitative estimate of drug-likeness (QED) is 0.725. The number of nitrogens with zero attached hydrogens (tertiary/aromatic N) is 1. The van der Waals surface area contributed by atoms with E-state index in [0.717, 1.165) is 19.1 Å². The molecule has 7 heteroatoms. The van der Waals surface area contributed by atoms with E-state index in [4.69, 9.17) is 9.02 Å². The van der Waals surface area contributed by atoms with Gasteiger partial charge in [0.05, 0.1) is 18.3 Å². The number of carbonyl (C=O) groups excluding carboxylic acids is 1. The first-order valence-electron chi connectivity index (χ1n) is 6.39. The predicted molar refractivity (Wildman–Crippen MR) is 70.6 cm³/mol. The summed E-state index contributed by atoms with van der Waals surface area (Å²) in [5, 5.41) is 1.64. The highest BCUT2D eigenvalue weighted by Gasteiger charge is 2.28. The number of hydrogen-bond acceptors (Lipinski definition) is 6. The molecule has 0 N–H and O–H groups in total. The van der Waals surface area contributed by atoms with Gasteiger partial charge in [-0.05, 0) is 39.5 Å². The van der Waals surface area contributed by atoms with E-state index in [9.17, 15) is 13.2 Å². The first-order valence-corrected chi connectivity index (χ1v) is 8.21. The molecule has 0 aromatic rings. The number of rotatable bonds is 4. The molecule has 0 radical (unpaired) electrons. The normalized spacial score (nSPS) is 19.4. The fourth-order valence-corrected chi connectivity index (χ4v) is 2.08. The molecule has 0 aromatic carbocycles. The van der Waals surface area contributed by atoms with Crippen LogP contribution in [0.5, 0.6) is 0 Å². The monoisotopic (exact) mass is 293 g/mol. The molecule has 6 nitrogen and oxygen atoms in total. The van der Waals surface area contributed by atoms with Gasteiger partial charge in [0.2, 0.25) is 0 Å². The Bertz CT molecular complexity index is 404. The van der Waals surface area contributed by atoms with Gasteiger partial charge in [-0.2, -0.15) is 8.42 Å². The summed E-state index contributed by atoms with van der Waals surface area (Å²) in [7, 11) is -3.37. The molecule has 19 heavy (non-hydrogen) atoms. The lowest BCUT2D eigenvalue weighted by Gasteiger charge is -2.31. The van der Waals surface area contributed by atoms with Crippen molar-refractivity contribution >= 4 is 16.1 Å². The Labute approximate surface area is 115 Å². The third-order valence-electron chi connectivity index (χ3n) is 2.92. The van der Waals surface area contributed by atoms with Crippen LogP contribution >= 0.6 is 0 Å². The average Bonchev–Trinajstić information content (AvgIpc) is 2.26. The Balaban J connectivity index is 2.31. The van der Waals surface area contributed by atoms with Crippen LogP contribution in [0, 0.1) is 11.3 Å². The number of hydroxylamine groups is 2. The molecule has 0 bridgehead atoms. The van der Waals surface area contributed by atoms with E-state index >= 15 is 0 Å². The van der Waals surface area contributed by atoms with Crippen molar-refractivity contribution in [3.8, 4) is 0 Å². The van der Waals surface area contributed by atoms with Crippen LogP contribution in [0.15, 0.2) is 0 Å². The molecule has 0 saturated carbocycles. The third kappa shape index (κ3) is 6.35. The molecule has 1 rings (SSSR count). The zero-order chi connectivity index (χ0) is 14.7. The van der Waals surface area contributed by atoms with Gasteiger partial charge in [-0.25, -0.2) is 4.79 Å². The Morgan fingerprint density at radius 2 is 1.79 bits per heavy atom. The van der Waals surface area contributed by atoms with E-state index in [0.29, 0.717) is 13.1 Å². The Hall–Kier alpha value is -0.660. The van der Waals surface area contributed by atoms with E-state index in [1.807, 2.05) is 20.8 Å². The van der Waals surface area contributed by atoms with Crippen LogP contribution in [0.3, 0.4) is 0 Å². The molecule has 112 valence electrons. The van der Waals surface area contributed by atoms with Crippen molar-refractivity contribution in [3.63, 3.8) is 0 Å². The van der Waals surface area contributed by atoms with Crippen LogP contribution in [0.25, 0.3) is 0 Å². The molecule has 0 spiro atoms. The lowest BCUT2D eigenvalue weighted by atomic mass is 9.97. The minimum atomic E-state index is -3.37. The van der Waals surface area contributed by atoms with E-state index in [1.165, 1.54) is 0 Å². The molecule has 0 amide bonds. The Kier molecular flexibility index (Phi) is 5.34. The molecule has 0 atom stereocenters. The zero-order valence-corrected chi connectivity index (χ0v) is 12.8. The topological polar surface area (TPSA) is 72.9 Å². The van der Waals surface area contributed by atoms with Crippen molar-refractivity contribution in [3.05, 3.63) is 0 Å². The van der Waals surface area contributed by atoms with Crippen molar-refractivity contribution in [1.82, 2.24) is 5.06 Å². The van der Waals surface area contributed by atoms with Crippen LogP contribution in [0.2, 0.25) is 0 Å². The maximum absolute atomic E-state index is 11.7. The lowest BCUT2D eigenvalue weighted by molar-refractivity contribution is -0.206. The summed E-state index contributed by atoms with van der Waals surface area (Å²) in [5.41, 5.74) is -0.518. The molecular formula is C12H23NO5S. The standard InChI is InChI=1S/C12H23NO5S/c1-12(2,3)11(14)18-13-7-5-10(6-8-13)9-17-19(4,15)16/h10H,5-9H2,1-4H3. The number of carbonyl (C=O) groups is 1. The molecule has 0 unspecified atom stereocenters. The SMILES string of the molecule is CC(C)(C)C(=O)ON1CCC(COS(C)(=O)=O)CC1. The van der Waals surface area contributed by atoms with Crippen molar-refractivity contribution < 1.29 is 22.2 Å². The highest BCUT2D eigenvalue weighted by atomic mass is 32.2. The maximum atomic E-state index is 11.7. The fourth-order valence-electron chi connectivity index (χ4n) is 1.64. The maximum Gasteiger partial charge on any atom is 0.330 e. The smallest absolute Gasteiger partial charge is 0.330 e. The molecule has 0 aromatic heterocycles. The molecule has 1 fully saturated rings. The Morgan fingerprint density at radius 1 is 1.26 bits per heavy atom. The van der Waals surface area contributed by atoms with Gasteiger partial charge in [0.15, 0.2) is 0 Å². The van der Waals surface area contributed by atoms with Crippen LogP contribution in [0.1, 0.15) is 33.6 Å². The lowest BCUT2D eigenvalue weighted by Crippen LogP contribution is -2.39. The molecule has 1 saturated heterocycles. The summed E-state index contributed by atoms with van der Waals surface area (Å²) in [5.74, 6) is -0.0577. The van der Waals surface area contributed by atoms with Gasteiger partial charge in [0.25, 0.3) is 10.1 Å². The summed E-state index contributed by atoms with van der Waals surface area (Å²) in [6.45, 7) is 6.85. The second-order valence-corrected chi connectivity index (χ2v) is 7.63. The number of piperidine rings is 1. The van der Waals surface area contributed by atoms with Crippen LogP contribution in [-0.4, -0.2) is 45.4 Å². The van der Waals surface area contributed by atoms with Crippen molar-refractivity contribution in [2.24, 2.45) is 11.3 Å². The third-order valence-corrected chi connectivity index (χ3v) is 3.48.